The first-order valence-electron chi connectivity index (χ1n) is 10.1. The fourth-order valence-electron chi connectivity index (χ4n) is 3.44. The van der Waals surface area contributed by atoms with E-state index >= 15 is 0 Å². The van der Waals surface area contributed by atoms with Crippen LogP contribution in [-0.4, -0.2) is 41.7 Å². The fourth-order valence-corrected chi connectivity index (χ4v) is 3.44. The van der Waals surface area contributed by atoms with E-state index < -0.39 is 24.4 Å². The van der Waals surface area contributed by atoms with Gasteiger partial charge in [-0.05, 0) is 42.3 Å². The number of anilines is 1. The predicted octanol–water partition coefficient (Wildman–Crippen LogP) is 3.32. The van der Waals surface area contributed by atoms with Crippen LogP contribution in [0.2, 0.25) is 0 Å². The predicted molar refractivity (Wildman–Crippen MR) is 117 cm³/mol. The molecule has 0 atom stereocenters. The Morgan fingerprint density at radius 2 is 1.47 bits per heavy atom. The lowest BCUT2D eigenvalue weighted by atomic mass is 10.1. The summed E-state index contributed by atoms with van der Waals surface area (Å²) in [5, 5.41) is 2.61. The minimum Gasteiger partial charge on any atom is -0.452 e. The molecule has 7 heteroatoms. The summed E-state index contributed by atoms with van der Waals surface area (Å²) >= 11 is 0. The number of para-hydroxylation sites is 1. The smallest absolute Gasteiger partial charge is 0.338 e. The molecule has 3 amide bonds. The first kappa shape index (κ1) is 21.0. The maximum Gasteiger partial charge on any atom is 0.338 e. The molecule has 0 unspecified atom stereocenters. The number of imide groups is 1. The van der Waals surface area contributed by atoms with Crippen LogP contribution >= 0.6 is 0 Å². The Morgan fingerprint density at radius 1 is 0.812 bits per heavy atom. The van der Waals surface area contributed by atoms with Crippen molar-refractivity contribution in [2.45, 2.75) is 6.42 Å². The molecule has 32 heavy (non-hydrogen) atoms. The van der Waals surface area contributed by atoms with Gasteiger partial charge in [-0.3, -0.25) is 19.3 Å². The topological polar surface area (TPSA) is 92.8 Å². The van der Waals surface area contributed by atoms with E-state index in [0.717, 1.165) is 5.56 Å². The summed E-state index contributed by atoms with van der Waals surface area (Å²) < 4.78 is 5.06. The normalized spacial score (nSPS) is 12.4. The largest absolute Gasteiger partial charge is 0.452 e. The zero-order valence-corrected chi connectivity index (χ0v) is 17.1. The number of ether oxygens (including phenoxy) is 1. The molecule has 4 rings (SSSR count). The quantitative estimate of drug-likeness (QED) is 0.460. The molecule has 0 saturated heterocycles. The summed E-state index contributed by atoms with van der Waals surface area (Å²) in [5.41, 5.74) is 2.11. The zero-order valence-electron chi connectivity index (χ0n) is 17.1. The summed E-state index contributed by atoms with van der Waals surface area (Å²) in [6.07, 6.45) is 0.539. The lowest BCUT2D eigenvalue weighted by Crippen LogP contribution is -2.31. The van der Waals surface area contributed by atoms with Crippen molar-refractivity contribution < 1.29 is 23.9 Å². The van der Waals surface area contributed by atoms with E-state index in [1.165, 1.54) is 23.1 Å². The van der Waals surface area contributed by atoms with Gasteiger partial charge in [-0.25, -0.2) is 4.79 Å². The van der Waals surface area contributed by atoms with E-state index in [4.69, 9.17) is 4.74 Å². The number of hydrogen-bond acceptors (Lipinski definition) is 5. The van der Waals surface area contributed by atoms with Gasteiger partial charge in [0.15, 0.2) is 6.61 Å². The lowest BCUT2D eigenvalue weighted by Gasteiger charge is -2.13. The maximum atomic E-state index is 12.8. The number of hydrogen-bond donors (Lipinski definition) is 1. The summed E-state index contributed by atoms with van der Waals surface area (Å²) in [6, 6.07) is 22.6. The standard InChI is InChI=1S/C25H20N2O5/c28-22(26-19-9-5-2-6-10-19)16-32-25(31)18-11-12-20-21(15-18)24(30)27(23(20)29)14-13-17-7-3-1-4-8-17/h1-12,15H,13-14,16H2,(H,26,28). The summed E-state index contributed by atoms with van der Waals surface area (Å²) in [6.45, 7) is -0.226. The monoisotopic (exact) mass is 428 g/mol. The molecule has 0 radical (unpaired) electrons. The third-order valence-electron chi connectivity index (χ3n) is 5.07. The molecule has 3 aromatic carbocycles. The van der Waals surface area contributed by atoms with Crippen molar-refractivity contribution in [3.63, 3.8) is 0 Å². The molecule has 0 aromatic heterocycles. The second kappa shape index (κ2) is 9.26. The van der Waals surface area contributed by atoms with Gasteiger partial charge in [0.05, 0.1) is 16.7 Å². The van der Waals surface area contributed by atoms with E-state index in [1.54, 1.807) is 24.3 Å². The second-order valence-corrected chi connectivity index (χ2v) is 7.25. The van der Waals surface area contributed by atoms with Crippen molar-refractivity contribution >= 4 is 29.4 Å². The average Bonchev–Trinajstić information content (AvgIpc) is 3.06. The van der Waals surface area contributed by atoms with Crippen molar-refractivity contribution in [2.24, 2.45) is 0 Å². The molecule has 160 valence electrons. The molecule has 7 nitrogen and oxygen atoms in total. The van der Waals surface area contributed by atoms with Crippen LogP contribution in [0.5, 0.6) is 0 Å². The number of nitrogens with one attached hydrogen (secondary N) is 1. The van der Waals surface area contributed by atoms with Gasteiger partial charge in [-0.2, -0.15) is 0 Å². The molecule has 0 spiro atoms. The summed E-state index contributed by atoms with van der Waals surface area (Å²) in [4.78, 5) is 50.9. The second-order valence-electron chi connectivity index (χ2n) is 7.25. The van der Waals surface area contributed by atoms with Gasteiger partial charge in [-0.15, -0.1) is 0 Å². The van der Waals surface area contributed by atoms with Gasteiger partial charge in [0.1, 0.15) is 0 Å². The van der Waals surface area contributed by atoms with Crippen molar-refractivity contribution in [3.05, 3.63) is 101 Å². The Hall–Kier alpha value is -4.26. The van der Waals surface area contributed by atoms with Crippen molar-refractivity contribution in [3.8, 4) is 0 Å². The van der Waals surface area contributed by atoms with E-state index in [1.807, 2.05) is 36.4 Å². The number of carbonyl (C=O) groups excluding carboxylic acids is 4. The minimum atomic E-state index is -0.751. The molecular formula is C25H20N2O5. The van der Waals surface area contributed by atoms with Gasteiger partial charge in [-0.1, -0.05) is 48.5 Å². The van der Waals surface area contributed by atoms with Crippen LogP contribution in [0.15, 0.2) is 78.9 Å². The third-order valence-corrected chi connectivity index (χ3v) is 5.07. The first-order valence-corrected chi connectivity index (χ1v) is 10.1. The molecule has 0 saturated carbocycles. The molecule has 0 bridgehead atoms. The van der Waals surface area contributed by atoms with E-state index in [9.17, 15) is 19.2 Å². The molecule has 1 aliphatic rings. The molecule has 1 aliphatic heterocycles. The van der Waals surface area contributed by atoms with E-state index in [-0.39, 0.29) is 29.1 Å². The van der Waals surface area contributed by atoms with Crippen LogP contribution < -0.4 is 5.32 Å². The molecular weight excluding hydrogens is 408 g/mol. The van der Waals surface area contributed by atoms with Crippen LogP contribution in [0.1, 0.15) is 36.6 Å². The number of amides is 3. The number of esters is 1. The van der Waals surface area contributed by atoms with Gasteiger partial charge in [0.25, 0.3) is 17.7 Å². The molecule has 0 fully saturated rings. The minimum absolute atomic E-state index is 0.0994. The van der Waals surface area contributed by atoms with E-state index in [0.29, 0.717) is 12.1 Å². The molecule has 0 aliphatic carbocycles. The first-order chi connectivity index (χ1) is 15.5. The SMILES string of the molecule is O=C(COC(=O)c1ccc2c(c1)C(=O)N(CCc1ccccc1)C2=O)Nc1ccccc1. The number of benzene rings is 3. The van der Waals surface area contributed by atoms with Crippen LogP contribution in [0.25, 0.3) is 0 Å². The van der Waals surface area contributed by atoms with Crippen LogP contribution in [-0.2, 0) is 16.0 Å². The zero-order chi connectivity index (χ0) is 22.5. The van der Waals surface area contributed by atoms with Crippen molar-refractivity contribution in [1.29, 1.82) is 0 Å². The van der Waals surface area contributed by atoms with E-state index in [2.05, 4.69) is 5.32 Å². The Balaban J connectivity index is 1.38. The summed E-state index contributed by atoms with van der Waals surface area (Å²) in [7, 11) is 0. The Labute approximate surface area is 184 Å². The van der Waals surface area contributed by atoms with Gasteiger partial charge < -0.3 is 10.1 Å². The number of nitrogens with zero attached hydrogens (tertiary/aromatic N) is 1. The highest BCUT2D eigenvalue weighted by Crippen LogP contribution is 2.24. The molecule has 1 heterocycles. The molecule has 1 N–H and O–H groups in total. The van der Waals surface area contributed by atoms with Crippen LogP contribution in [0.3, 0.4) is 0 Å². The maximum absolute atomic E-state index is 12.8. The number of rotatable bonds is 7. The highest BCUT2D eigenvalue weighted by Gasteiger charge is 2.35. The fraction of sp³-hybridized carbons (Fsp3) is 0.120. The van der Waals surface area contributed by atoms with Gasteiger partial charge in [0, 0.05) is 12.2 Å². The molecule has 3 aromatic rings. The average molecular weight is 428 g/mol. The van der Waals surface area contributed by atoms with Crippen molar-refractivity contribution in [2.75, 3.05) is 18.5 Å². The number of carbonyl (C=O) groups is 4. The number of fused-ring (bicyclic) bond motifs is 1. The third kappa shape index (κ3) is 4.57. The van der Waals surface area contributed by atoms with Crippen LogP contribution in [0, 0.1) is 0 Å². The van der Waals surface area contributed by atoms with Crippen LogP contribution in [0.4, 0.5) is 5.69 Å². The highest BCUT2D eigenvalue weighted by atomic mass is 16.5. The van der Waals surface area contributed by atoms with Gasteiger partial charge in [0.2, 0.25) is 0 Å². The lowest BCUT2D eigenvalue weighted by molar-refractivity contribution is -0.119. The Bertz CT molecular complexity index is 1180. The Kier molecular flexibility index (Phi) is 6.07. The highest BCUT2D eigenvalue weighted by molar-refractivity contribution is 6.22. The van der Waals surface area contributed by atoms with Crippen molar-refractivity contribution in [1.82, 2.24) is 4.90 Å². The van der Waals surface area contributed by atoms with Gasteiger partial charge >= 0.3 is 5.97 Å². The summed E-state index contributed by atoms with van der Waals surface area (Å²) in [5.74, 6) is -2.07. The Morgan fingerprint density at radius 3 is 2.19 bits per heavy atom.